The third-order valence-corrected chi connectivity index (χ3v) is 1.64. The molecule has 5 nitrogen and oxygen atoms in total. The topological polar surface area (TPSA) is 55.8 Å². The van der Waals surface area contributed by atoms with E-state index in [1.165, 1.54) is 10.9 Å². The Balaban J connectivity index is 2.65. The largest absolute Gasteiger partial charge is 0.628 e. The van der Waals surface area contributed by atoms with Crippen molar-refractivity contribution in [3.05, 3.63) is 12.1 Å². The van der Waals surface area contributed by atoms with Crippen molar-refractivity contribution in [3.8, 4) is 0 Å². The fourth-order valence-corrected chi connectivity index (χ4v) is 1.09. The van der Waals surface area contributed by atoms with Gasteiger partial charge in [-0.15, -0.1) is 0 Å². The molecule has 0 bridgehead atoms. The van der Waals surface area contributed by atoms with Crippen LogP contribution in [0.2, 0.25) is 0 Å². The molecule has 1 heterocycles. The van der Waals surface area contributed by atoms with Crippen LogP contribution in [0.15, 0.2) is 12.1 Å². The van der Waals surface area contributed by atoms with Crippen LogP contribution in [0.5, 0.6) is 0 Å². The Morgan fingerprint density at radius 1 is 1.29 bits per heavy atom. The minimum Gasteiger partial charge on any atom is -0.495 e. The first-order chi connectivity index (χ1) is 6.61. The quantitative estimate of drug-likeness (QED) is 0.536. The molecule has 14 heavy (non-hydrogen) atoms. The first-order valence-electron chi connectivity index (χ1n) is 4.32. The Hall–Kier alpha value is -1.30. The minimum atomic E-state index is -0.881. The monoisotopic (exact) mass is 197 g/mol. The van der Waals surface area contributed by atoms with E-state index in [-0.39, 0.29) is 13.1 Å². The first-order valence-corrected chi connectivity index (χ1v) is 4.32. The number of allylic oxidation sites excluding steroid dienone is 1. The van der Waals surface area contributed by atoms with E-state index in [1.54, 1.807) is 20.0 Å². The van der Waals surface area contributed by atoms with Gasteiger partial charge in [0.05, 0.1) is 13.1 Å². The fraction of sp³-hybridized carbons (Fsp3) is 0.500. The third kappa shape index (κ3) is 3.22. The lowest BCUT2D eigenvalue weighted by molar-refractivity contribution is -0.145. The summed E-state index contributed by atoms with van der Waals surface area (Å²) in [5, 5.41) is 0. The van der Waals surface area contributed by atoms with Crippen LogP contribution in [0.3, 0.4) is 0 Å². The summed E-state index contributed by atoms with van der Waals surface area (Å²) in [5.74, 6) is 0.715. The molecule has 0 atom stereocenters. The van der Waals surface area contributed by atoms with Crippen molar-refractivity contribution >= 4 is 19.1 Å². The minimum absolute atomic E-state index is 0.100. The average molecular weight is 197 g/mol. The second-order valence-electron chi connectivity index (χ2n) is 3.05. The molecule has 0 unspecified atom stereocenters. The Labute approximate surface area is 82.8 Å². The SMILES string of the molecule is C/C=C\B1OC(=O)CN(C)CC(=O)O1. The summed E-state index contributed by atoms with van der Waals surface area (Å²) in [6, 6.07) is 0. The van der Waals surface area contributed by atoms with Gasteiger partial charge < -0.3 is 9.31 Å². The highest BCUT2D eigenvalue weighted by molar-refractivity contribution is 6.54. The maximum Gasteiger partial charge on any atom is 0.628 e. The van der Waals surface area contributed by atoms with E-state index in [2.05, 4.69) is 0 Å². The van der Waals surface area contributed by atoms with Crippen molar-refractivity contribution in [1.82, 2.24) is 4.90 Å². The van der Waals surface area contributed by atoms with E-state index in [4.69, 9.17) is 9.31 Å². The molecule has 0 spiro atoms. The van der Waals surface area contributed by atoms with E-state index in [9.17, 15) is 9.59 Å². The van der Waals surface area contributed by atoms with Crippen LogP contribution in [-0.4, -0.2) is 44.1 Å². The van der Waals surface area contributed by atoms with Crippen LogP contribution >= 0.6 is 0 Å². The average Bonchev–Trinajstić information content (AvgIpc) is 2.00. The number of nitrogens with zero attached hydrogens (tertiary/aromatic N) is 1. The van der Waals surface area contributed by atoms with Gasteiger partial charge in [-0.05, 0) is 19.9 Å². The van der Waals surface area contributed by atoms with E-state index in [0.29, 0.717) is 0 Å². The zero-order chi connectivity index (χ0) is 10.6. The molecule has 1 rings (SSSR count). The number of rotatable bonds is 1. The summed E-state index contributed by atoms with van der Waals surface area (Å²) >= 11 is 0. The molecule has 0 aliphatic carbocycles. The third-order valence-electron chi connectivity index (χ3n) is 1.64. The smallest absolute Gasteiger partial charge is 0.495 e. The Morgan fingerprint density at radius 2 is 1.79 bits per heavy atom. The van der Waals surface area contributed by atoms with Crippen molar-refractivity contribution in [2.24, 2.45) is 0 Å². The fourth-order valence-electron chi connectivity index (χ4n) is 1.09. The summed E-state index contributed by atoms with van der Waals surface area (Å²) in [7, 11) is 0.770. The van der Waals surface area contributed by atoms with Gasteiger partial charge in [0.1, 0.15) is 0 Å². The molecule has 1 aliphatic rings. The van der Waals surface area contributed by atoms with Crippen LogP contribution in [0.25, 0.3) is 0 Å². The second-order valence-corrected chi connectivity index (χ2v) is 3.05. The van der Waals surface area contributed by atoms with Crippen molar-refractivity contribution in [2.45, 2.75) is 6.92 Å². The Bertz CT molecular complexity index is 246. The van der Waals surface area contributed by atoms with Gasteiger partial charge >= 0.3 is 19.1 Å². The molecule has 0 amide bonds. The van der Waals surface area contributed by atoms with Gasteiger partial charge in [-0.3, -0.25) is 14.5 Å². The predicted molar refractivity (Wildman–Crippen MR) is 50.2 cm³/mol. The van der Waals surface area contributed by atoms with Crippen LogP contribution in [0, 0.1) is 0 Å². The molecular weight excluding hydrogens is 185 g/mol. The first kappa shape index (κ1) is 10.8. The lowest BCUT2D eigenvalue weighted by Crippen LogP contribution is -2.41. The zero-order valence-electron chi connectivity index (χ0n) is 8.23. The van der Waals surface area contributed by atoms with Crippen molar-refractivity contribution in [3.63, 3.8) is 0 Å². The number of hydrogen-bond acceptors (Lipinski definition) is 5. The normalized spacial score (nSPS) is 20.3. The Kier molecular flexibility index (Phi) is 3.70. The standard InChI is InChI=1S/C8H12BNO4/c1-3-4-9-13-7(11)5-10(2)6-8(12)14-9/h3-4H,5-6H2,1-2H3/b4-3-. The van der Waals surface area contributed by atoms with Crippen molar-refractivity contribution < 1.29 is 18.9 Å². The van der Waals surface area contributed by atoms with Crippen LogP contribution in [0.4, 0.5) is 0 Å². The second kappa shape index (κ2) is 4.81. The lowest BCUT2D eigenvalue weighted by Gasteiger charge is -2.20. The molecule has 1 aliphatic heterocycles. The molecule has 0 aromatic heterocycles. The van der Waals surface area contributed by atoms with Crippen LogP contribution < -0.4 is 0 Å². The van der Waals surface area contributed by atoms with Gasteiger partial charge in [-0.2, -0.15) is 0 Å². The van der Waals surface area contributed by atoms with Gasteiger partial charge in [0.15, 0.2) is 0 Å². The van der Waals surface area contributed by atoms with E-state index in [1.807, 2.05) is 0 Å². The molecule has 76 valence electrons. The van der Waals surface area contributed by atoms with Crippen molar-refractivity contribution in [2.75, 3.05) is 20.1 Å². The van der Waals surface area contributed by atoms with Gasteiger partial charge in [-0.1, -0.05) is 6.08 Å². The summed E-state index contributed by atoms with van der Waals surface area (Å²) in [6.45, 7) is 1.96. The van der Waals surface area contributed by atoms with Gasteiger partial charge in [-0.25, -0.2) is 0 Å². The summed E-state index contributed by atoms with van der Waals surface area (Å²) in [5.41, 5.74) is 0. The molecule has 1 fully saturated rings. The maximum atomic E-state index is 11.1. The van der Waals surface area contributed by atoms with Crippen molar-refractivity contribution in [1.29, 1.82) is 0 Å². The molecule has 0 aromatic carbocycles. The molecule has 0 radical (unpaired) electrons. The molecule has 1 saturated heterocycles. The molecule has 0 saturated carbocycles. The van der Waals surface area contributed by atoms with Crippen LogP contribution in [-0.2, 0) is 18.9 Å². The number of carbonyl (C=O) groups is 2. The van der Waals surface area contributed by atoms with Gasteiger partial charge in [0, 0.05) is 0 Å². The summed E-state index contributed by atoms with van der Waals surface area (Å²) in [6.07, 6.45) is 1.66. The van der Waals surface area contributed by atoms with E-state index in [0.717, 1.165) is 0 Å². The number of likely N-dealkylation sites (N-methyl/N-ethyl adjacent to an activating group) is 1. The van der Waals surface area contributed by atoms with E-state index < -0.39 is 19.1 Å². The highest BCUT2D eigenvalue weighted by Gasteiger charge is 2.28. The molecule has 0 N–H and O–H groups in total. The molecular formula is C8H12BNO4. The van der Waals surface area contributed by atoms with E-state index >= 15 is 0 Å². The molecule has 6 heteroatoms. The zero-order valence-corrected chi connectivity index (χ0v) is 8.23. The lowest BCUT2D eigenvalue weighted by atomic mass is 9.89. The van der Waals surface area contributed by atoms with Gasteiger partial charge in [0.2, 0.25) is 0 Å². The van der Waals surface area contributed by atoms with Gasteiger partial charge in [0.25, 0.3) is 0 Å². The predicted octanol–water partition coefficient (Wildman–Crippen LogP) is -0.378. The summed E-state index contributed by atoms with van der Waals surface area (Å²) < 4.78 is 9.72. The highest BCUT2D eigenvalue weighted by atomic mass is 16.6. The number of carbonyl (C=O) groups excluding carboxylic acids is 2. The Morgan fingerprint density at radius 3 is 2.21 bits per heavy atom. The maximum absolute atomic E-state index is 11.1. The summed E-state index contributed by atoms with van der Waals surface area (Å²) in [4.78, 5) is 23.8. The highest BCUT2D eigenvalue weighted by Crippen LogP contribution is 2.00. The van der Waals surface area contributed by atoms with Crippen LogP contribution in [0.1, 0.15) is 6.92 Å². The molecule has 0 aromatic rings. The number of hydrogen-bond donors (Lipinski definition) is 0.